The molecule has 2 rings (SSSR count). The fraction of sp³-hybridized carbons (Fsp3) is 0.278. The third-order valence-corrected chi connectivity index (χ3v) is 3.38. The summed E-state index contributed by atoms with van der Waals surface area (Å²) in [5.41, 5.74) is 6.54. The Hall–Kier alpha value is -2.41. The molecule has 0 amide bonds. The van der Waals surface area contributed by atoms with E-state index < -0.39 is 12.1 Å². The van der Waals surface area contributed by atoms with E-state index in [9.17, 15) is 13.2 Å². The summed E-state index contributed by atoms with van der Waals surface area (Å²) in [6.07, 6.45) is -4.82. The molecule has 11 heteroatoms. The Morgan fingerprint density at radius 1 is 1.14 bits per heavy atom. The number of aliphatic imine (C=N–C) groups is 1. The van der Waals surface area contributed by atoms with Gasteiger partial charge in [-0.2, -0.15) is 0 Å². The van der Waals surface area contributed by atoms with E-state index in [1.54, 1.807) is 18.2 Å². The molecule has 160 valence electrons. The third kappa shape index (κ3) is 8.23. The lowest BCUT2D eigenvalue weighted by Crippen LogP contribution is -2.24. The van der Waals surface area contributed by atoms with Crippen molar-refractivity contribution in [3.8, 4) is 17.2 Å². The molecule has 0 saturated heterocycles. The molecule has 0 heterocycles. The molecule has 0 aliphatic carbocycles. The predicted octanol–water partition coefficient (Wildman–Crippen LogP) is 3.51. The summed E-state index contributed by atoms with van der Waals surface area (Å²) in [6.45, 7) is 0.152. The molecule has 7 nitrogen and oxygen atoms in total. The van der Waals surface area contributed by atoms with E-state index in [0.717, 1.165) is 5.56 Å². The van der Waals surface area contributed by atoms with Crippen LogP contribution in [0.2, 0.25) is 0 Å². The van der Waals surface area contributed by atoms with E-state index >= 15 is 0 Å². The highest BCUT2D eigenvalue weighted by Crippen LogP contribution is 2.30. The van der Waals surface area contributed by atoms with Gasteiger partial charge in [0.15, 0.2) is 23.2 Å². The average molecular weight is 527 g/mol. The molecular formula is C18H21F3IN3O4. The summed E-state index contributed by atoms with van der Waals surface area (Å²) in [4.78, 5) is 4.10. The van der Waals surface area contributed by atoms with Gasteiger partial charge in [-0.3, -0.25) is 0 Å². The van der Waals surface area contributed by atoms with E-state index in [-0.39, 0.29) is 55.4 Å². The summed E-state index contributed by atoms with van der Waals surface area (Å²) in [5, 5.41) is 11.4. The van der Waals surface area contributed by atoms with Crippen LogP contribution in [0.25, 0.3) is 0 Å². The second-order valence-corrected chi connectivity index (χ2v) is 5.43. The molecule has 2 aromatic carbocycles. The zero-order chi connectivity index (χ0) is 20.6. The van der Waals surface area contributed by atoms with Crippen molar-refractivity contribution < 1.29 is 32.5 Å². The van der Waals surface area contributed by atoms with Gasteiger partial charge < -0.3 is 30.4 Å². The number of anilines is 1. The fourth-order valence-corrected chi connectivity index (χ4v) is 2.22. The number of ether oxygens (including phenoxy) is 3. The lowest BCUT2D eigenvalue weighted by Gasteiger charge is -2.14. The first-order valence-electron chi connectivity index (χ1n) is 8.14. The Morgan fingerprint density at radius 2 is 1.86 bits per heavy atom. The van der Waals surface area contributed by atoms with Gasteiger partial charge in [0.2, 0.25) is 0 Å². The van der Waals surface area contributed by atoms with Crippen molar-refractivity contribution in [2.24, 2.45) is 10.7 Å². The SMILES string of the molecule is COc1cc(CN=C(N)Nc2ccccc2OC(F)(F)F)ccc1OCCO.I. The second kappa shape index (κ2) is 11.6. The number of rotatable bonds is 8. The number of nitrogens with one attached hydrogen (secondary N) is 1. The van der Waals surface area contributed by atoms with Crippen molar-refractivity contribution >= 4 is 35.6 Å². The number of para-hydroxylation sites is 2. The van der Waals surface area contributed by atoms with Crippen LogP contribution in [0.5, 0.6) is 17.2 Å². The van der Waals surface area contributed by atoms with Crippen molar-refractivity contribution in [2.75, 3.05) is 25.6 Å². The minimum atomic E-state index is -4.82. The maximum Gasteiger partial charge on any atom is 0.573 e. The number of benzene rings is 2. The topological polar surface area (TPSA) is 98.3 Å². The molecule has 0 saturated carbocycles. The molecule has 0 radical (unpaired) electrons. The Kier molecular flexibility index (Phi) is 9.81. The van der Waals surface area contributed by atoms with Crippen LogP contribution in [0, 0.1) is 0 Å². The van der Waals surface area contributed by atoms with Crippen molar-refractivity contribution in [2.45, 2.75) is 12.9 Å². The largest absolute Gasteiger partial charge is 0.573 e. The molecule has 0 aliphatic rings. The van der Waals surface area contributed by atoms with Crippen LogP contribution in [0.3, 0.4) is 0 Å². The fourth-order valence-electron chi connectivity index (χ4n) is 2.22. The van der Waals surface area contributed by atoms with E-state index in [4.69, 9.17) is 20.3 Å². The monoisotopic (exact) mass is 527 g/mol. The molecule has 0 aliphatic heterocycles. The third-order valence-electron chi connectivity index (χ3n) is 3.38. The highest BCUT2D eigenvalue weighted by atomic mass is 127. The Bertz CT molecular complexity index is 819. The van der Waals surface area contributed by atoms with Gasteiger partial charge in [-0.1, -0.05) is 18.2 Å². The molecular weight excluding hydrogens is 506 g/mol. The number of methoxy groups -OCH3 is 1. The molecule has 0 aromatic heterocycles. The first-order valence-corrected chi connectivity index (χ1v) is 8.14. The van der Waals surface area contributed by atoms with E-state index in [1.165, 1.54) is 31.4 Å². The average Bonchev–Trinajstić information content (AvgIpc) is 2.65. The Morgan fingerprint density at radius 3 is 2.52 bits per heavy atom. The maximum absolute atomic E-state index is 12.5. The smallest absolute Gasteiger partial charge is 0.493 e. The quantitative estimate of drug-likeness (QED) is 0.276. The summed E-state index contributed by atoms with van der Waals surface area (Å²) in [6, 6.07) is 10.6. The number of hydrogen-bond donors (Lipinski definition) is 3. The van der Waals surface area contributed by atoms with Crippen LogP contribution in [0.15, 0.2) is 47.5 Å². The molecule has 4 N–H and O–H groups in total. The van der Waals surface area contributed by atoms with Gasteiger partial charge in [0.25, 0.3) is 0 Å². The van der Waals surface area contributed by atoms with E-state index in [1.807, 2.05) is 0 Å². The minimum Gasteiger partial charge on any atom is -0.493 e. The molecule has 0 spiro atoms. The van der Waals surface area contributed by atoms with Crippen molar-refractivity contribution in [3.05, 3.63) is 48.0 Å². The number of aliphatic hydroxyl groups excluding tert-OH is 1. The van der Waals surface area contributed by atoms with Crippen LogP contribution in [0.4, 0.5) is 18.9 Å². The van der Waals surface area contributed by atoms with Gasteiger partial charge in [-0.25, -0.2) is 4.99 Å². The van der Waals surface area contributed by atoms with Gasteiger partial charge in [-0.15, -0.1) is 37.1 Å². The van der Waals surface area contributed by atoms with Crippen LogP contribution in [0.1, 0.15) is 5.56 Å². The number of guanidine groups is 1. The predicted molar refractivity (Wildman–Crippen MR) is 113 cm³/mol. The number of alkyl halides is 3. The summed E-state index contributed by atoms with van der Waals surface area (Å²) < 4.78 is 51.9. The van der Waals surface area contributed by atoms with Crippen LogP contribution in [-0.2, 0) is 6.54 Å². The van der Waals surface area contributed by atoms with Crippen LogP contribution in [-0.4, -0.2) is 37.8 Å². The maximum atomic E-state index is 12.5. The van der Waals surface area contributed by atoms with Crippen LogP contribution < -0.4 is 25.3 Å². The molecule has 0 fully saturated rings. The van der Waals surface area contributed by atoms with Gasteiger partial charge in [-0.05, 0) is 29.8 Å². The summed E-state index contributed by atoms with van der Waals surface area (Å²) in [7, 11) is 1.47. The standard InChI is InChI=1S/C18H20F3N3O4.HI/c1-26-16-10-12(6-7-15(16)27-9-8-25)11-23-17(22)24-13-4-2-3-5-14(13)28-18(19,20)21;/h2-7,10,25H,8-9,11H2,1H3,(H3,22,23,24);1H. The zero-order valence-electron chi connectivity index (χ0n) is 15.4. The normalized spacial score (nSPS) is 11.4. The van der Waals surface area contributed by atoms with Gasteiger partial charge in [0, 0.05) is 0 Å². The number of nitrogens with two attached hydrogens (primary N) is 1. The van der Waals surface area contributed by atoms with Crippen molar-refractivity contribution in [3.63, 3.8) is 0 Å². The minimum absolute atomic E-state index is 0. The number of hydrogen-bond acceptors (Lipinski definition) is 5. The number of nitrogens with zero attached hydrogens (tertiary/aromatic N) is 1. The lowest BCUT2D eigenvalue weighted by molar-refractivity contribution is -0.274. The van der Waals surface area contributed by atoms with E-state index in [0.29, 0.717) is 11.5 Å². The zero-order valence-corrected chi connectivity index (χ0v) is 17.7. The highest BCUT2D eigenvalue weighted by Gasteiger charge is 2.32. The number of aliphatic hydroxyl groups is 1. The second-order valence-electron chi connectivity index (χ2n) is 5.43. The lowest BCUT2D eigenvalue weighted by atomic mass is 10.2. The van der Waals surface area contributed by atoms with E-state index in [2.05, 4.69) is 15.0 Å². The first kappa shape index (κ1) is 24.6. The Labute approximate surface area is 182 Å². The molecule has 0 unspecified atom stereocenters. The molecule has 2 aromatic rings. The van der Waals surface area contributed by atoms with Crippen LogP contribution >= 0.6 is 24.0 Å². The van der Waals surface area contributed by atoms with Gasteiger partial charge >= 0.3 is 6.36 Å². The van der Waals surface area contributed by atoms with Gasteiger partial charge in [0.1, 0.15) is 6.61 Å². The number of halogens is 4. The molecule has 0 atom stereocenters. The Balaban J connectivity index is 0.00000420. The first-order chi connectivity index (χ1) is 13.3. The summed E-state index contributed by atoms with van der Waals surface area (Å²) in [5.74, 6) is 0.420. The molecule has 29 heavy (non-hydrogen) atoms. The van der Waals surface area contributed by atoms with Crippen molar-refractivity contribution in [1.82, 2.24) is 0 Å². The summed E-state index contributed by atoms with van der Waals surface area (Å²) >= 11 is 0. The molecule has 0 bridgehead atoms. The van der Waals surface area contributed by atoms with Gasteiger partial charge in [0.05, 0.1) is 25.9 Å². The highest BCUT2D eigenvalue weighted by molar-refractivity contribution is 14.0. The van der Waals surface area contributed by atoms with Crippen molar-refractivity contribution in [1.29, 1.82) is 0 Å².